The van der Waals surface area contributed by atoms with E-state index in [1.165, 1.54) is 0 Å². The molecule has 0 saturated carbocycles. The van der Waals surface area contributed by atoms with Crippen LogP contribution in [-0.2, 0) is 6.42 Å². The molecule has 0 aliphatic heterocycles. The van der Waals surface area contributed by atoms with E-state index in [1.54, 1.807) is 24.3 Å². The average Bonchev–Trinajstić information content (AvgIpc) is 2.78. The number of nitrogens with one attached hydrogen (secondary N) is 1. The van der Waals surface area contributed by atoms with Crippen molar-refractivity contribution in [2.75, 3.05) is 13.2 Å². The third-order valence-corrected chi connectivity index (χ3v) is 4.95. The van der Waals surface area contributed by atoms with Gasteiger partial charge in [-0.1, -0.05) is 30.3 Å². The van der Waals surface area contributed by atoms with E-state index in [1.807, 2.05) is 54.6 Å². The first kappa shape index (κ1) is 23.3. The summed E-state index contributed by atoms with van der Waals surface area (Å²) < 4.78 is 11.4. The number of β-amino-alcohol motifs (C(OH)–C–C–N with tert-alkyl or cyclic N) is 1. The summed E-state index contributed by atoms with van der Waals surface area (Å²) in [7, 11) is 0. The van der Waals surface area contributed by atoms with E-state index >= 15 is 0 Å². The van der Waals surface area contributed by atoms with Crippen LogP contribution in [-0.4, -0.2) is 35.8 Å². The molecular weight excluding hydrogens is 404 g/mol. The highest BCUT2D eigenvalue weighted by Gasteiger charge is 2.19. The highest BCUT2D eigenvalue weighted by molar-refractivity contribution is 5.92. The minimum atomic E-state index is -0.605. The number of hydrogen-bond acceptors (Lipinski definition) is 5. The molecular formula is C26H30N2O4. The second-order valence-corrected chi connectivity index (χ2v) is 8.35. The first-order valence-corrected chi connectivity index (χ1v) is 10.6. The predicted octanol–water partition coefficient (Wildman–Crippen LogP) is 3.93. The molecule has 32 heavy (non-hydrogen) atoms. The molecule has 1 atom stereocenters. The average molecular weight is 435 g/mol. The lowest BCUT2D eigenvalue weighted by molar-refractivity contribution is 0.0988. The van der Waals surface area contributed by atoms with Crippen LogP contribution in [0.2, 0.25) is 0 Å². The molecule has 0 aliphatic carbocycles. The molecule has 0 bridgehead atoms. The lowest BCUT2D eigenvalue weighted by atomic mass is 9.94. The molecule has 1 amide bonds. The monoisotopic (exact) mass is 434 g/mol. The largest absolute Gasteiger partial charge is 0.491 e. The number of ether oxygens (including phenoxy) is 2. The summed E-state index contributed by atoms with van der Waals surface area (Å²) in [4.78, 5) is 11.2. The molecule has 6 heteroatoms. The van der Waals surface area contributed by atoms with Gasteiger partial charge in [-0.05, 0) is 74.4 Å². The van der Waals surface area contributed by atoms with E-state index < -0.39 is 12.0 Å². The topological polar surface area (TPSA) is 93.8 Å². The van der Waals surface area contributed by atoms with Crippen LogP contribution in [0.5, 0.6) is 17.2 Å². The van der Waals surface area contributed by atoms with Crippen LogP contribution in [0.15, 0.2) is 78.9 Å². The van der Waals surface area contributed by atoms with Crippen LogP contribution in [0.25, 0.3) is 0 Å². The molecule has 0 radical (unpaired) electrons. The Morgan fingerprint density at radius 3 is 2.12 bits per heavy atom. The Kier molecular flexibility index (Phi) is 7.87. The number of aliphatic hydroxyl groups excluding tert-OH is 1. The number of rotatable bonds is 11. The summed E-state index contributed by atoms with van der Waals surface area (Å²) in [5.74, 6) is 1.63. The van der Waals surface area contributed by atoms with Crippen molar-refractivity contribution >= 4 is 5.91 Å². The smallest absolute Gasteiger partial charge is 0.248 e. The SMILES string of the molecule is CC(C)(Cc1ccc(Oc2ccc(C(N)=O)cc2)cc1)NC[C@H](O)COc1ccccc1. The minimum absolute atomic E-state index is 0.208. The molecule has 3 aromatic rings. The number of carbonyl (C=O) groups is 1. The van der Waals surface area contributed by atoms with Crippen molar-refractivity contribution in [2.45, 2.75) is 31.9 Å². The molecule has 0 fully saturated rings. The third-order valence-electron chi connectivity index (χ3n) is 4.95. The first-order chi connectivity index (χ1) is 15.3. The van der Waals surface area contributed by atoms with Gasteiger partial charge in [0.05, 0.1) is 0 Å². The molecule has 0 aromatic heterocycles. The standard InChI is InChI=1S/C26H30N2O4/c1-26(2,28-17-21(29)18-31-22-6-4-3-5-7-22)16-19-8-12-23(13-9-19)32-24-14-10-20(11-15-24)25(27)30/h3-15,21,28-29H,16-18H2,1-2H3,(H2,27,30)/t21-/m0/s1. The van der Waals surface area contributed by atoms with Gasteiger partial charge in [-0.15, -0.1) is 0 Å². The summed E-state index contributed by atoms with van der Waals surface area (Å²) in [5.41, 5.74) is 6.64. The van der Waals surface area contributed by atoms with Gasteiger partial charge in [0.15, 0.2) is 0 Å². The van der Waals surface area contributed by atoms with Gasteiger partial charge in [-0.2, -0.15) is 0 Å². The fourth-order valence-electron chi connectivity index (χ4n) is 3.23. The number of nitrogens with two attached hydrogens (primary N) is 1. The zero-order valence-electron chi connectivity index (χ0n) is 18.5. The van der Waals surface area contributed by atoms with E-state index in [4.69, 9.17) is 15.2 Å². The van der Waals surface area contributed by atoms with E-state index in [9.17, 15) is 9.90 Å². The quantitative estimate of drug-likeness (QED) is 0.425. The Balaban J connectivity index is 1.46. The van der Waals surface area contributed by atoms with Crippen LogP contribution in [0.3, 0.4) is 0 Å². The maximum absolute atomic E-state index is 11.2. The maximum Gasteiger partial charge on any atom is 0.248 e. The fraction of sp³-hybridized carbons (Fsp3) is 0.269. The summed E-state index contributed by atoms with van der Waals surface area (Å²) >= 11 is 0. The number of aliphatic hydroxyl groups is 1. The normalized spacial score (nSPS) is 12.2. The second kappa shape index (κ2) is 10.8. The molecule has 3 rings (SSSR count). The van der Waals surface area contributed by atoms with Gasteiger partial charge >= 0.3 is 0 Å². The van der Waals surface area contributed by atoms with Crippen LogP contribution >= 0.6 is 0 Å². The van der Waals surface area contributed by atoms with E-state index in [-0.39, 0.29) is 12.1 Å². The van der Waals surface area contributed by atoms with Gasteiger partial charge in [-0.3, -0.25) is 4.79 Å². The van der Waals surface area contributed by atoms with Crippen LogP contribution in [0, 0.1) is 0 Å². The van der Waals surface area contributed by atoms with Crippen LogP contribution in [0.4, 0.5) is 0 Å². The molecule has 0 unspecified atom stereocenters. The molecule has 0 saturated heterocycles. The predicted molar refractivity (Wildman–Crippen MR) is 125 cm³/mol. The van der Waals surface area contributed by atoms with Crippen molar-refractivity contribution in [3.05, 3.63) is 90.0 Å². The maximum atomic E-state index is 11.2. The molecule has 0 heterocycles. The van der Waals surface area contributed by atoms with Crippen molar-refractivity contribution in [3.63, 3.8) is 0 Å². The Bertz CT molecular complexity index is 987. The van der Waals surface area contributed by atoms with Crippen molar-refractivity contribution in [1.82, 2.24) is 5.32 Å². The van der Waals surface area contributed by atoms with Crippen LogP contribution in [0.1, 0.15) is 29.8 Å². The summed E-state index contributed by atoms with van der Waals surface area (Å²) in [6.45, 7) is 4.87. The number of benzene rings is 3. The van der Waals surface area contributed by atoms with Gasteiger partial charge in [0.1, 0.15) is 30.0 Å². The van der Waals surface area contributed by atoms with Crippen molar-refractivity contribution in [3.8, 4) is 17.2 Å². The van der Waals surface area contributed by atoms with Crippen LogP contribution < -0.4 is 20.5 Å². The third kappa shape index (κ3) is 7.41. The minimum Gasteiger partial charge on any atom is -0.491 e. The summed E-state index contributed by atoms with van der Waals surface area (Å²) in [6.07, 6.45) is 0.179. The zero-order chi connectivity index (χ0) is 23.0. The zero-order valence-corrected chi connectivity index (χ0v) is 18.5. The highest BCUT2D eigenvalue weighted by atomic mass is 16.5. The summed E-state index contributed by atoms with van der Waals surface area (Å²) in [5, 5.41) is 13.6. The van der Waals surface area contributed by atoms with Gasteiger partial charge in [-0.25, -0.2) is 0 Å². The van der Waals surface area contributed by atoms with E-state index in [2.05, 4.69) is 19.2 Å². The number of primary amides is 1. The fourth-order valence-corrected chi connectivity index (χ4v) is 3.23. The number of para-hydroxylation sites is 1. The van der Waals surface area contributed by atoms with Gasteiger partial charge in [0, 0.05) is 17.6 Å². The Morgan fingerprint density at radius 1 is 0.938 bits per heavy atom. The molecule has 0 spiro atoms. The van der Waals surface area contributed by atoms with E-state index in [0.717, 1.165) is 17.7 Å². The Hall–Kier alpha value is -3.35. The van der Waals surface area contributed by atoms with Gasteiger partial charge in [0.25, 0.3) is 0 Å². The van der Waals surface area contributed by atoms with Gasteiger partial charge in [0.2, 0.25) is 5.91 Å². The Labute approximate surface area is 189 Å². The molecule has 3 aromatic carbocycles. The first-order valence-electron chi connectivity index (χ1n) is 10.6. The number of hydrogen-bond donors (Lipinski definition) is 3. The highest BCUT2D eigenvalue weighted by Crippen LogP contribution is 2.23. The number of amides is 1. The van der Waals surface area contributed by atoms with Crippen molar-refractivity contribution < 1.29 is 19.4 Å². The van der Waals surface area contributed by atoms with E-state index in [0.29, 0.717) is 23.6 Å². The lowest BCUT2D eigenvalue weighted by Crippen LogP contribution is -2.46. The summed E-state index contributed by atoms with van der Waals surface area (Å²) in [6, 6.07) is 24.0. The van der Waals surface area contributed by atoms with Gasteiger partial charge < -0.3 is 25.6 Å². The molecule has 4 N–H and O–H groups in total. The second-order valence-electron chi connectivity index (χ2n) is 8.35. The van der Waals surface area contributed by atoms with Crippen molar-refractivity contribution in [2.24, 2.45) is 5.73 Å². The number of carbonyl (C=O) groups excluding carboxylic acids is 1. The Morgan fingerprint density at radius 2 is 1.53 bits per heavy atom. The molecule has 0 aliphatic rings. The molecule has 6 nitrogen and oxygen atoms in total. The lowest BCUT2D eigenvalue weighted by Gasteiger charge is -2.28. The van der Waals surface area contributed by atoms with Crippen molar-refractivity contribution in [1.29, 1.82) is 0 Å². The molecule has 168 valence electrons.